The fourth-order valence-corrected chi connectivity index (χ4v) is 3.18. The lowest BCUT2D eigenvalue weighted by Crippen LogP contribution is -2.36. The SMILES string of the molecule is CC(Cn1ncc2ccc(OCC3CO3)c(C=O)c21)NC(=O)OCc1ccccc1. The highest BCUT2D eigenvalue weighted by atomic mass is 16.6. The van der Waals surface area contributed by atoms with Crippen LogP contribution in [-0.4, -0.2) is 47.5 Å². The summed E-state index contributed by atoms with van der Waals surface area (Å²) in [6.45, 7) is 3.51. The predicted molar refractivity (Wildman–Crippen MR) is 110 cm³/mol. The molecule has 3 aromatic rings. The van der Waals surface area contributed by atoms with Crippen LogP contribution in [0.4, 0.5) is 4.79 Å². The molecule has 0 bridgehead atoms. The van der Waals surface area contributed by atoms with E-state index in [2.05, 4.69) is 10.4 Å². The molecule has 1 aromatic heterocycles. The fourth-order valence-electron chi connectivity index (χ4n) is 3.18. The van der Waals surface area contributed by atoms with Crippen LogP contribution < -0.4 is 10.1 Å². The molecule has 2 atom stereocenters. The number of hydrogen-bond donors (Lipinski definition) is 1. The maximum atomic E-state index is 12.1. The number of carbonyl (C=O) groups is 2. The van der Waals surface area contributed by atoms with Crippen LogP contribution in [0.1, 0.15) is 22.8 Å². The van der Waals surface area contributed by atoms with Crippen LogP contribution in [0.25, 0.3) is 10.9 Å². The molecule has 1 aliphatic heterocycles. The van der Waals surface area contributed by atoms with Crippen molar-refractivity contribution >= 4 is 23.3 Å². The number of hydrogen-bond acceptors (Lipinski definition) is 6. The number of benzene rings is 2. The molecule has 4 rings (SSSR count). The average molecular weight is 409 g/mol. The predicted octanol–water partition coefficient (Wildman–Crippen LogP) is 2.94. The Labute approximate surface area is 173 Å². The molecule has 0 aliphatic carbocycles. The molecule has 0 spiro atoms. The van der Waals surface area contributed by atoms with Gasteiger partial charge in [-0.3, -0.25) is 9.48 Å². The Kier molecular flexibility index (Phi) is 5.94. The van der Waals surface area contributed by atoms with Crippen molar-refractivity contribution in [3.8, 4) is 5.75 Å². The molecule has 2 unspecified atom stereocenters. The number of amides is 1. The summed E-state index contributed by atoms with van der Waals surface area (Å²) >= 11 is 0. The molecule has 0 saturated carbocycles. The molecule has 1 aliphatic rings. The van der Waals surface area contributed by atoms with E-state index in [9.17, 15) is 9.59 Å². The number of fused-ring (bicyclic) bond motifs is 1. The van der Waals surface area contributed by atoms with Crippen LogP contribution in [-0.2, 0) is 22.6 Å². The van der Waals surface area contributed by atoms with Crippen molar-refractivity contribution in [1.29, 1.82) is 0 Å². The van der Waals surface area contributed by atoms with Crippen molar-refractivity contribution in [2.75, 3.05) is 13.2 Å². The van der Waals surface area contributed by atoms with E-state index in [1.165, 1.54) is 0 Å². The van der Waals surface area contributed by atoms with Gasteiger partial charge in [0.15, 0.2) is 6.29 Å². The Morgan fingerprint density at radius 2 is 2.13 bits per heavy atom. The van der Waals surface area contributed by atoms with E-state index in [1.54, 1.807) is 16.9 Å². The Morgan fingerprint density at radius 1 is 1.33 bits per heavy atom. The molecule has 1 amide bonds. The summed E-state index contributed by atoms with van der Waals surface area (Å²) in [5.74, 6) is 0.498. The van der Waals surface area contributed by atoms with Gasteiger partial charge in [0.2, 0.25) is 0 Å². The van der Waals surface area contributed by atoms with Gasteiger partial charge in [0, 0.05) is 11.4 Å². The van der Waals surface area contributed by atoms with Gasteiger partial charge in [-0.15, -0.1) is 0 Å². The van der Waals surface area contributed by atoms with E-state index >= 15 is 0 Å². The van der Waals surface area contributed by atoms with Crippen molar-refractivity contribution in [2.45, 2.75) is 32.2 Å². The van der Waals surface area contributed by atoms with Crippen molar-refractivity contribution < 1.29 is 23.8 Å². The van der Waals surface area contributed by atoms with Gasteiger partial charge in [0.25, 0.3) is 0 Å². The molecule has 2 heterocycles. The van der Waals surface area contributed by atoms with Crippen LogP contribution in [0.15, 0.2) is 48.7 Å². The second-order valence-corrected chi connectivity index (χ2v) is 7.23. The molecule has 1 N–H and O–H groups in total. The Hall–Kier alpha value is -3.39. The first-order valence-corrected chi connectivity index (χ1v) is 9.79. The quantitative estimate of drug-likeness (QED) is 0.431. The zero-order valence-electron chi connectivity index (χ0n) is 16.6. The van der Waals surface area contributed by atoms with Crippen molar-refractivity contribution in [3.05, 3.63) is 59.8 Å². The average Bonchev–Trinajstić information content (AvgIpc) is 3.51. The van der Waals surface area contributed by atoms with Gasteiger partial charge in [0.1, 0.15) is 25.1 Å². The number of ether oxygens (including phenoxy) is 3. The molecule has 8 nitrogen and oxygen atoms in total. The highest BCUT2D eigenvalue weighted by Gasteiger charge is 2.24. The first kappa shape index (κ1) is 19.9. The molecular formula is C22H23N3O5. The maximum Gasteiger partial charge on any atom is 0.407 e. The minimum atomic E-state index is -0.508. The summed E-state index contributed by atoms with van der Waals surface area (Å²) in [6.07, 6.45) is 2.05. The Balaban J connectivity index is 1.41. The lowest BCUT2D eigenvalue weighted by molar-refractivity contribution is 0.111. The highest BCUT2D eigenvalue weighted by molar-refractivity contribution is 5.98. The van der Waals surface area contributed by atoms with E-state index in [-0.39, 0.29) is 18.8 Å². The third-order valence-electron chi connectivity index (χ3n) is 4.77. The summed E-state index contributed by atoms with van der Waals surface area (Å²) in [5, 5.41) is 8.00. The van der Waals surface area contributed by atoms with Crippen molar-refractivity contribution in [2.24, 2.45) is 0 Å². The van der Waals surface area contributed by atoms with Gasteiger partial charge >= 0.3 is 6.09 Å². The van der Waals surface area contributed by atoms with Crippen LogP contribution >= 0.6 is 0 Å². The molecular weight excluding hydrogens is 386 g/mol. The number of nitrogens with zero attached hydrogens (tertiary/aromatic N) is 2. The zero-order valence-corrected chi connectivity index (χ0v) is 16.6. The van der Waals surface area contributed by atoms with E-state index in [0.29, 0.717) is 36.6 Å². The monoisotopic (exact) mass is 409 g/mol. The second-order valence-electron chi connectivity index (χ2n) is 7.23. The van der Waals surface area contributed by atoms with Gasteiger partial charge in [-0.25, -0.2) is 4.79 Å². The van der Waals surface area contributed by atoms with Gasteiger partial charge < -0.3 is 19.5 Å². The van der Waals surface area contributed by atoms with Gasteiger partial charge in [-0.05, 0) is 24.6 Å². The third-order valence-corrected chi connectivity index (χ3v) is 4.77. The van der Waals surface area contributed by atoms with Crippen LogP contribution in [0.5, 0.6) is 5.75 Å². The normalized spacial score (nSPS) is 16.1. The number of aldehydes is 1. The fraction of sp³-hybridized carbons (Fsp3) is 0.318. The largest absolute Gasteiger partial charge is 0.490 e. The third kappa shape index (κ3) is 4.77. The van der Waals surface area contributed by atoms with E-state index in [0.717, 1.165) is 17.2 Å². The molecule has 2 aromatic carbocycles. The maximum absolute atomic E-state index is 12.1. The van der Waals surface area contributed by atoms with E-state index in [1.807, 2.05) is 43.3 Å². The van der Waals surface area contributed by atoms with E-state index < -0.39 is 6.09 Å². The molecule has 1 fully saturated rings. The standard InChI is InChI=1S/C22H23N3O5/c1-15(24-22(27)30-12-16-5-3-2-4-6-16)10-25-21-17(9-23-25)7-8-20(19(21)11-26)29-14-18-13-28-18/h2-9,11,15,18H,10,12-14H2,1H3,(H,24,27). The smallest absolute Gasteiger partial charge is 0.407 e. The molecule has 30 heavy (non-hydrogen) atoms. The summed E-state index contributed by atoms with van der Waals surface area (Å²) in [5.41, 5.74) is 2.02. The number of epoxide rings is 1. The summed E-state index contributed by atoms with van der Waals surface area (Å²) in [7, 11) is 0. The molecule has 156 valence electrons. The topological polar surface area (TPSA) is 95.0 Å². The van der Waals surface area contributed by atoms with Gasteiger partial charge in [-0.1, -0.05) is 30.3 Å². The molecule has 8 heteroatoms. The van der Waals surface area contributed by atoms with Crippen LogP contribution in [0, 0.1) is 0 Å². The highest BCUT2D eigenvalue weighted by Crippen LogP contribution is 2.27. The minimum Gasteiger partial charge on any atom is -0.490 e. The first-order valence-electron chi connectivity index (χ1n) is 9.79. The first-order chi connectivity index (χ1) is 14.6. The van der Waals surface area contributed by atoms with Crippen LogP contribution in [0.2, 0.25) is 0 Å². The Morgan fingerprint density at radius 3 is 2.87 bits per heavy atom. The number of carbonyl (C=O) groups excluding carboxylic acids is 2. The summed E-state index contributed by atoms with van der Waals surface area (Å²) < 4.78 is 17.9. The van der Waals surface area contributed by atoms with Crippen molar-refractivity contribution in [1.82, 2.24) is 15.1 Å². The lowest BCUT2D eigenvalue weighted by Gasteiger charge is -2.16. The number of aromatic nitrogens is 2. The summed E-state index contributed by atoms with van der Waals surface area (Å²) in [6, 6.07) is 12.8. The molecule has 1 saturated heterocycles. The lowest BCUT2D eigenvalue weighted by atomic mass is 10.1. The van der Waals surface area contributed by atoms with Gasteiger partial charge in [-0.2, -0.15) is 5.10 Å². The molecule has 0 radical (unpaired) electrons. The summed E-state index contributed by atoms with van der Waals surface area (Å²) in [4.78, 5) is 23.9. The van der Waals surface area contributed by atoms with Crippen molar-refractivity contribution in [3.63, 3.8) is 0 Å². The zero-order chi connectivity index (χ0) is 20.9. The minimum absolute atomic E-state index is 0.0937. The Bertz CT molecular complexity index is 1030. The van der Waals surface area contributed by atoms with Crippen LogP contribution in [0.3, 0.4) is 0 Å². The van der Waals surface area contributed by atoms with E-state index in [4.69, 9.17) is 14.2 Å². The number of rotatable bonds is 9. The van der Waals surface area contributed by atoms with Gasteiger partial charge in [0.05, 0.1) is 30.4 Å². The number of nitrogens with one attached hydrogen (secondary N) is 1. The number of alkyl carbamates (subject to hydrolysis) is 1. The second kappa shape index (κ2) is 8.96.